The lowest BCUT2D eigenvalue weighted by Gasteiger charge is -2.09. The first-order chi connectivity index (χ1) is 20.7. The topological polar surface area (TPSA) is 51.8 Å². The third-order valence-corrected chi connectivity index (χ3v) is 7.82. The van der Waals surface area contributed by atoms with Crippen molar-refractivity contribution in [3.8, 4) is 45.0 Å². The maximum atomic E-state index is 6.49. The van der Waals surface area contributed by atoms with Crippen LogP contribution in [-0.4, -0.2) is 15.0 Å². The van der Waals surface area contributed by atoms with Crippen molar-refractivity contribution in [1.29, 1.82) is 0 Å². The summed E-state index contributed by atoms with van der Waals surface area (Å²) in [7, 11) is 0. The summed E-state index contributed by atoms with van der Waals surface area (Å²) in [6.45, 7) is 0. The highest BCUT2D eigenvalue weighted by Gasteiger charge is 2.16. The van der Waals surface area contributed by atoms with Gasteiger partial charge in [0.05, 0.1) is 0 Å². The molecule has 4 nitrogen and oxygen atoms in total. The lowest BCUT2D eigenvalue weighted by atomic mass is 9.97. The summed E-state index contributed by atoms with van der Waals surface area (Å²) in [6.07, 6.45) is 0. The lowest BCUT2D eigenvalue weighted by Crippen LogP contribution is -1.97. The van der Waals surface area contributed by atoms with Gasteiger partial charge in [-0.3, -0.25) is 0 Å². The molecule has 42 heavy (non-hydrogen) atoms. The van der Waals surface area contributed by atoms with Gasteiger partial charge in [0.1, 0.15) is 11.2 Å². The fourth-order valence-corrected chi connectivity index (χ4v) is 5.80. The molecular weight excluding hydrogens is 538 g/mol. The molecular formula is C37H22ClN3O. The first kappa shape index (κ1) is 24.5. The van der Waals surface area contributed by atoms with Crippen molar-refractivity contribution in [3.05, 3.63) is 139 Å². The molecule has 8 rings (SSSR count). The zero-order valence-corrected chi connectivity index (χ0v) is 23.1. The molecule has 0 amide bonds. The van der Waals surface area contributed by atoms with Crippen LogP contribution in [0.15, 0.2) is 138 Å². The van der Waals surface area contributed by atoms with Gasteiger partial charge in [0.25, 0.3) is 0 Å². The second kappa shape index (κ2) is 9.95. The summed E-state index contributed by atoms with van der Waals surface area (Å²) in [4.78, 5) is 13.9. The van der Waals surface area contributed by atoms with Gasteiger partial charge in [-0.1, -0.05) is 103 Å². The first-order valence-corrected chi connectivity index (χ1v) is 14.1. The number of para-hydroxylation sites is 1. The zero-order valence-electron chi connectivity index (χ0n) is 22.3. The Hall–Kier alpha value is -5.32. The SMILES string of the molecule is Clc1nc(-c2cccc(-c3ccc4ccc(-c5ccccc5)cc4c3)c2)nc(-c2cccc3oc4ccccc4c23)n1. The number of hydrogen-bond donors (Lipinski definition) is 0. The molecule has 0 aliphatic heterocycles. The van der Waals surface area contributed by atoms with Crippen LogP contribution in [0, 0.1) is 0 Å². The van der Waals surface area contributed by atoms with Gasteiger partial charge in [0, 0.05) is 21.9 Å². The van der Waals surface area contributed by atoms with Gasteiger partial charge in [0.2, 0.25) is 5.28 Å². The van der Waals surface area contributed by atoms with Gasteiger partial charge >= 0.3 is 0 Å². The standard InChI is InChI=1S/C37H22ClN3O/c38-37-40-35(39-36(41-37)31-13-7-15-33-34(31)30-12-4-5-14-32(30)42-33)28-11-6-10-25(20-28)27-19-17-24-16-18-26(21-29(24)22-27)23-8-2-1-3-9-23/h1-22H. The Bertz CT molecular complexity index is 2270. The summed E-state index contributed by atoms with van der Waals surface area (Å²) in [5.74, 6) is 1.02. The van der Waals surface area contributed by atoms with Crippen molar-refractivity contribution in [3.63, 3.8) is 0 Å². The predicted octanol–water partition coefficient (Wildman–Crippen LogP) is 10.2. The van der Waals surface area contributed by atoms with Crippen LogP contribution in [0.4, 0.5) is 0 Å². The van der Waals surface area contributed by atoms with E-state index in [9.17, 15) is 0 Å². The minimum Gasteiger partial charge on any atom is -0.456 e. The molecule has 8 aromatic rings. The average Bonchev–Trinajstić information content (AvgIpc) is 3.43. The lowest BCUT2D eigenvalue weighted by molar-refractivity contribution is 0.669. The molecule has 0 atom stereocenters. The Morgan fingerprint density at radius 1 is 0.452 bits per heavy atom. The molecule has 5 heteroatoms. The number of fused-ring (bicyclic) bond motifs is 4. The summed E-state index contributed by atoms with van der Waals surface area (Å²) in [5, 5.41) is 4.50. The normalized spacial score (nSPS) is 11.5. The molecule has 0 aliphatic carbocycles. The highest BCUT2D eigenvalue weighted by molar-refractivity contribution is 6.28. The van der Waals surface area contributed by atoms with Crippen molar-refractivity contribution < 1.29 is 4.42 Å². The van der Waals surface area contributed by atoms with E-state index in [2.05, 4.69) is 82.8 Å². The first-order valence-electron chi connectivity index (χ1n) is 13.7. The Kier molecular flexibility index (Phi) is 5.80. The van der Waals surface area contributed by atoms with E-state index in [0.29, 0.717) is 11.6 Å². The van der Waals surface area contributed by atoms with Crippen LogP contribution in [0.2, 0.25) is 5.28 Å². The van der Waals surface area contributed by atoms with E-state index in [4.69, 9.17) is 21.0 Å². The van der Waals surface area contributed by atoms with Crippen molar-refractivity contribution in [2.24, 2.45) is 0 Å². The Morgan fingerprint density at radius 3 is 1.95 bits per heavy atom. The molecule has 0 radical (unpaired) electrons. The van der Waals surface area contributed by atoms with Crippen LogP contribution in [0.3, 0.4) is 0 Å². The molecule has 0 N–H and O–H groups in total. The smallest absolute Gasteiger partial charge is 0.226 e. The number of benzene rings is 6. The van der Waals surface area contributed by atoms with Crippen molar-refractivity contribution in [1.82, 2.24) is 15.0 Å². The predicted molar refractivity (Wildman–Crippen MR) is 171 cm³/mol. The Morgan fingerprint density at radius 2 is 1.10 bits per heavy atom. The summed E-state index contributed by atoms with van der Waals surface area (Å²) >= 11 is 6.49. The second-order valence-electron chi connectivity index (χ2n) is 10.3. The molecule has 2 aromatic heterocycles. The van der Waals surface area contributed by atoms with Gasteiger partial charge in [-0.05, 0) is 75.0 Å². The number of halogens is 1. The van der Waals surface area contributed by atoms with Gasteiger partial charge in [0.15, 0.2) is 11.6 Å². The van der Waals surface area contributed by atoms with Crippen LogP contribution in [0.5, 0.6) is 0 Å². The van der Waals surface area contributed by atoms with Crippen LogP contribution in [-0.2, 0) is 0 Å². The average molecular weight is 560 g/mol. The number of aromatic nitrogens is 3. The fraction of sp³-hybridized carbons (Fsp3) is 0. The summed E-state index contributed by atoms with van der Waals surface area (Å²) in [5.41, 5.74) is 7.89. The maximum Gasteiger partial charge on any atom is 0.226 e. The third kappa shape index (κ3) is 4.30. The zero-order chi connectivity index (χ0) is 28.0. The van der Waals surface area contributed by atoms with E-state index in [1.54, 1.807) is 0 Å². The molecule has 0 saturated carbocycles. The molecule has 6 aromatic carbocycles. The Labute approximate surface area is 246 Å². The monoisotopic (exact) mass is 559 g/mol. The van der Waals surface area contributed by atoms with E-state index in [-0.39, 0.29) is 5.28 Å². The van der Waals surface area contributed by atoms with E-state index in [1.807, 2.05) is 60.7 Å². The van der Waals surface area contributed by atoms with Gasteiger partial charge < -0.3 is 4.42 Å². The molecule has 0 aliphatic rings. The molecule has 2 heterocycles. The van der Waals surface area contributed by atoms with Crippen molar-refractivity contribution >= 4 is 44.3 Å². The molecule has 0 fully saturated rings. The molecule has 0 saturated heterocycles. The Balaban J connectivity index is 1.21. The minimum absolute atomic E-state index is 0.143. The van der Waals surface area contributed by atoms with E-state index >= 15 is 0 Å². The number of hydrogen-bond acceptors (Lipinski definition) is 4. The van der Waals surface area contributed by atoms with E-state index in [0.717, 1.165) is 44.2 Å². The quantitative estimate of drug-likeness (QED) is 0.215. The van der Waals surface area contributed by atoms with E-state index < -0.39 is 0 Å². The fourth-order valence-electron chi connectivity index (χ4n) is 5.63. The number of rotatable bonds is 4. The van der Waals surface area contributed by atoms with Crippen LogP contribution in [0.25, 0.3) is 77.7 Å². The minimum atomic E-state index is 0.143. The highest BCUT2D eigenvalue weighted by Crippen LogP contribution is 2.36. The van der Waals surface area contributed by atoms with E-state index in [1.165, 1.54) is 21.9 Å². The molecule has 0 unspecified atom stereocenters. The molecule has 198 valence electrons. The summed E-state index contributed by atoms with van der Waals surface area (Å²) < 4.78 is 6.08. The van der Waals surface area contributed by atoms with Crippen LogP contribution >= 0.6 is 11.6 Å². The highest BCUT2D eigenvalue weighted by atomic mass is 35.5. The van der Waals surface area contributed by atoms with Gasteiger partial charge in [-0.25, -0.2) is 4.98 Å². The van der Waals surface area contributed by atoms with Crippen molar-refractivity contribution in [2.75, 3.05) is 0 Å². The number of nitrogens with zero attached hydrogens (tertiary/aromatic N) is 3. The van der Waals surface area contributed by atoms with Gasteiger partial charge in [-0.15, -0.1) is 0 Å². The number of furan rings is 1. The van der Waals surface area contributed by atoms with Crippen LogP contribution in [0.1, 0.15) is 0 Å². The largest absolute Gasteiger partial charge is 0.456 e. The second-order valence-corrected chi connectivity index (χ2v) is 10.6. The maximum absolute atomic E-state index is 6.49. The molecule has 0 spiro atoms. The van der Waals surface area contributed by atoms with Crippen LogP contribution < -0.4 is 0 Å². The van der Waals surface area contributed by atoms with Crippen molar-refractivity contribution in [2.45, 2.75) is 0 Å². The van der Waals surface area contributed by atoms with Gasteiger partial charge in [-0.2, -0.15) is 9.97 Å². The molecule has 0 bridgehead atoms. The third-order valence-electron chi connectivity index (χ3n) is 7.65. The summed E-state index contributed by atoms with van der Waals surface area (Å²) in [6, 6.07) is 45.7.